The highest BCUT2D eigenvalue weighted by molar-refractivity contribution is 7.87. The molecule has 6 atom stereocenters. The van der Waals surface area contributed by atoms with Gasteiger partial charge in [0.05, 0.1) is 52.4 Å². The van der Waals surface area contributed by atoms with Gasteiger partial charge in [0.25, 0.3) is 70.8 Å². The maximum atomic E-state index is 13.0. The molecule has 7 aromatic rings. The first-order valence-electron chi connectivity index (χ1n) is 48.5. The third-order valence-electron chi connectivity index (χ3n) is 20.2. The first kappa shape index (κ1) is 137. The molecule has 0 spiro atoms. The SMILES string of the molecule is CC(C)(C)/C=C/[C@@H](Cc1ccc(F)cc1)NCCCS(=O)(=O)O.CC(C)(C)/C=C/[C@@H](NCCCS(=O)(=O)O)c1ccc(F)cc1.CC(C)(C)/C=C/[C@H](Cc1ccc(F)cc1)NCCCS(=O)(=O)O.CC(C)(C)/C=C/[C@H](NCCCS(=O)(=O)O)c1ccc(F)cc1.CC(C)C[C@H](/C=C/c1ccc(F)cc1)NCCCS(=O)(=O)O.CC(C)[C@@H](/C=C/c1ccc(F)cc1)NCCCS(=O)(=O)O.O=S(=O)(O)CCCNc1ccc(F)cc1. The fraction of sp³-hybridized carbons (Fsp3) is 0.491. The molecule has 0 amide bonds. The van der Waals surface area contributed by atoms with Crippen LogP contribution in [-0.4, -0.2) is 201 Å². The van der Waals surface area contributed by atoms with E-state index in [1.54, 1.807) is 84.9 Å². The number of hydrogen-bond acceptors (Lipinski definition) is 21. The second-order valence-corrected chi connectivity index (χ2v) is 51.3. The first-order chi connectivity index (χ1) is 68.2. The van der Waals surface area contributed by atoms with Crippen molar-refractivity contribution in [2.45, 2.75) is 211 Å². The van der Waals surface area contributed by atoms with Crippen molar-refractivity contribution >= 4 is 88.7 Å². The smallest absolute Gasteiger partial charge is 0.264 e. The molecular formula is C106H158F7N7O21S7. The predicted molar refractivity (Wildman–Crippen MR) is 583 cm³/mol. The molecule has 0 saturated carbocycles. The Hall–Kier alpha value is -8.58. The molecule has 0 fully saturated rings. The Morgan fingerprint density at radius 2 is 0.500 bits per heavy atom. The molecule has 0 heterocycles. The molecule has 42 heteroatoms. The summed E-state index contributed by atoms with van der Waals surface area (Å²) in [5.41, 5.74) is 6.41. The van der Waals surface area contributed by atoms with Crippen molar-refractivity contribution in [3.63, 3.8) is 0 Å². The molecule has 0 unspecified atom stereocenters. The van der Waals surface area contributed by atoms with Crippen molar-refractivity contribution < 1.29 is 122 Å². The third kappa shape index (κ3) is 83.1. The van der Waals surface area contributed by atoms with Crippen LogP contribution in [0, 0.1) is 74.2 Å². The zero-order chi connectivity index (χ0) is 112. The van der Waals surface area contributed by atoms with Gasteiger partial charge in [-0.05, 0) is 267 Å². The van der Waals surface area contributed by atoms with Crippen LogP contribution in [0.2, 0.25) is 0 Å². The van der Waals surface area contributed by atoms with Crippen LogP contribution in [0.5, 0.6) is 0 Å². The van der Waals surface area contributed by atoms with Crippen LogP contribution in [0.3, 0.4) is 0 Å². The minimum atomic E-state index is -3.94. The molecule has 7 aromatic carbocycles. The zero-order valence-corrected chi connectivity index (χ0v) is 93.2. The van der Waals surface area contributed by atoms with Gasteiger partial charge in [0.15, 0.2) is 0 Å². The van der Waals surface area contributed by atoms with Crippen LogP contribution >= 0.6 is 0 Å². The van der Waals surface area contributed by atoms with Gasteiger partial charge in [0.2, 0.25) is 0 Å². The van der Waals surface area contributed by atoms with Crippen LogP contribution in [0.15, 0.2) is 231 Å². The van der Waals surface area contributed by atoms with Gasteiger partial charge >= 0.3 is 0 Å². The van der Waals surface area contributed by atoms with Crippen molar-refractivity contribution in [1.29, 1.82) is 0 Å². The van der Waals surface area contributed by atoms with Gasteiger partial charge < -0.3 is 37.2 Å². The van der Waals surface area contributed by atoms with E-state index in [1.165, 1.54) is 84.9 Å². The minimum Gasteiger partial charge on any atom is -0.385 e. The Kier molecular flexibility index (Phi) is 64.2. The lowest BCUT2D eigenvalue weighted by molar-refractivity contribution is 0.456. The van der Waals surface area contributed by atoms with Gasteiger partial charge in [-0.15, -0.1) is 0 Å². The number of anilines is 1. The van der Waals surface area contributed by atoms with E-state index in [9.17, 15) is 89.7 Å². The van der Waals surface area contributed by atoms with E-state index < -0.39 is 70.8 Å². The van der Waals surface area contributed by atoms with Crippen LogP contribution in [0.4, 0.5) is 36.4 Å². The van der Waals surface area contributed by atoms with Crippen LogP contribution < -0.4 is 37.2 Å². The van der Waals surface area contributed by atoms with Crippen LogP contribution in [0.25, 0.3) is 12.2 Å². The largest absolute Gasteiger partial charge is 0.385 e. The molecule has 0 aliphatic heterocycles. The van der Waals surface area contributed by atoms with Crippen molar-refractivity contribution in [2.75, 3.05) is 91.4 Å². The Labute approximate surface area is 876 Å². The molecule has 0 aliphatic carbocycles. The first-order valence-corrected chi connectivity index (χ1v) is 59.7. The molecule has 0 radical (unpaired) electrons. The zero-order valence-electron chi connectivity index (χ0n) is 87.5. The van der Waals surface area contributed by atoms with Gasteiger partial charge in [-0.3, -0.25) is 31.9 Å². The quantitative estimate of drug-likeness (QED) is 0.00729. The summed E-state index contributed by atoms with van der Waals surface area (Å²) >= 11 is 0. The molecule has 0 aliphatic rings. The van der Waals surface area contributed by atoms with Crippen molar-refractivity contribution in [3.05, 3.63) is 305 Å². The normalized spacial score (nSPS) is 13.9. The third-order valence-corrected chi connectivity index (χ3v) is 25.8. The summed E-state index contributed by atoms with van der Waals surface area (Å²) in [4.78, 5) is 0. The second-order valence-electron chi connectivity index (χ2n) is 40.3. The molecule has 7 rings (SSSR count). The van der Waals surface area contributed by atoms with Gasteiger partial charge in [0.1, 0.15) is 40.7 Å². The molecule has 14 N–H and O–H groups in total. The molecule has 0 bridgehead atoms. The number of allylic oxidation sites excluding steroid dienone is 4. The summed E-state index contributed by atoms with van der Waals surface area (Å²) in [5, 5.41) is 22.4. The fourth-order valence-electron chi connectivity index (χ4n) is 12.8. The van der Waals surface area contributed by atoms with E-state index in [1.807, 2.05) is 36.5 Å². The number of hydrogen-bond donors (Lipinski definition) is 14. The average molecular weight is 2220 g/mol. The Balaban J connectivity index is 0.000000866. The Morgan fingerprint density at radius 3 is 0.764 bits per heavy atom. The maximum Gasteiger partial charge on any atom is 0.264 e. The monoisotopic (exact) mass is 2220 g/mol. The van der Waals surface area contributed by atoms with E-state index in [-0.39, 0.29) is 139 Å². The Morgan fingerprint density at radius 1 is 0.270 bits per heavy atom. The standard InChI is InChI=1S/2C17H26FNO3S.3C16H24FNO3S.C15H22FNO3S.C9H12FNO3S/c2*1-17(2,3)10-9-16(19-11-4-12-23(20,21)22)13-14-5-7-15(18)8-6-14;2*1-16(2,3)10-9-15(13-5-7-14(17)8-6-13)18-11-4-12-22(19,20)21;1-13(2)12-16(18-10-3-11-22(19,20)21)9-6-14-4-7-15(17)8-5-14;1-12(2)15(17-10-3-11-21(18,19)20)9-6-13-4-7-14(16)8-5-13;10-8-2-4-9(5-3-8)11-6-1-7-15(12,13)14/h2*5-10,16,19H,4,11-13H2,1-3H3,(H,20,21,22);2*5-10,15,18H,4,11-12H2,1-3H3,(H,19,20,21);4-9,13,16,18H,3,10-12H2,1-2H3,(H,19,20,21);4-9,12,15,17H,3,10-11H2,1-2H3,(H,18,19,20);2-5,11H,1,6-7H2,(H,12,13,14)/b4*10-9+;2*9-6+;/t2*16-;2*15-;16-;15-;/m101001./s1. The molecular weight excluding hydrogens is 2060 g/mol. The highest BCUT2D eigenvalue weighted by atomic mass is 32.2. The van der Waals surface area contributed by atoms with Gasteiger partial charge in [-0.1, -0.05) is 256 Å². The molecule has 0 aromatic heterocycles. The van der Waals surface area contributed by atoms with Gasteiger partial charge in [0, 0.05) is 36.4 Å². The highest BCUT2D eigenvalue weighted by Crippen LogP contribution is 2.25. The summed E-state index contributed by atoms with van der Waals surface area (Å²) < 4.78 is 300. The summed E-state index contributed by atoms with van der Waals surface area (Å²) in [6.45, 7) is 36.5. The van der Waals surface area contributed by atoms with Crippen LogP contribution in [0.1, 0.15) is 208 Å². The summed E-state index contributed by atoms with van der Waals surface area (Å²) in [7, 11) is -27.4. The molecule has 148 heavy (non-hydrogen) atoms. The number of benzene rings is 7. The number of halogens is 7. The highest BCUT2D eigenvalue weighted by Gasteiger charge is 2.20. The summed E-state index contributed by atoms with van der Waals surface area (Å²) in [6, 6.07) is 43.2. The minimum absolute atomic E-state index is 0.00833. The van der Waals surface area contributed by atoms with E-state index in [0.29, 0.717) is 121 Å². The van der Waals surface area contributed by atoms with Crippen molar-refractivity contribution in [1.82, 2.24) is 31.9 Å². The summed E-state index contributed by atoms with van der Waals surface area (Å²) in [5.74, 6) is -3.01. The van der Waals surface area contributed by atoms with Gasteiger partial charge in [-0.2, -0.15) is 58.9 Å². The lowest BCUT2D eigenvalue weighted by Gasteiger charge is -2.18. The summed E-state index contributed by atoms with van der Waals surface area (Å²) in [6.07, 6.45) is 28.7. The van der Waals surface area contributed by atoms with Crippen molar-refractivity contribution in [3.8, 4) is 0 Å². The predicted octanol–water partition coefficient (Wildman–Crippen LogP) is 20.5. The Bertz CT molecular complexity index is 5740. The number of rotatable bonds is 52. The van der Waals surface area contributed by atoms with E-state index >= 15 is 0 Å². The lowest BCUT2D eigenvalue weighted by atomic mass is 9.94. The van der Waals surface area contributed by atoms with E-state index in [2.05, 4.69) is 184 Å². The molecule has 28 nitrogen and oxygen atoms in total. The molecule has 834 valence electrons. The van der Waals surface area contributed by atoms with Gasteiger partial charge in [-0.25, -0.2) is 30.7 Å². The lowest BCUT2D eigenvalue weighted by Crippen LogP contribution is -2.33. The topological polar surface area (TPSA) is 465 Å². The van der Waals surface area contributed by atoms with E-state index in [0.717, 1.165) is 39.8 Å². The second kappa shape index (κ2) is 69.2. The average Bonchev–Trinajstić information content (AvgIpc) is 0.883. The maximum absolute atomic E-state index is 13.0. The molecule has 0 saturated heterocycles. The fourth-order valence-corrected chi connectivity index (χ4v) is 16.3. The van der Waals surface area contributed by atoms with Crippen molar-refractivity contribution in [2.24, 2.45) is 33.5 Å². The van der Waals surface area contributed by atoms with E-state index in [4.69, 9.17) is 31.9 Å². The van der Waals surface area contributed by atoms with Crippen LogP contribution in [-0.2, 0) is 83.7 Å². The number of nitrogens with one attached hydrogen (secondary N) is 7.